The first kappa shape index (κ1) is 15.7. The van der Waals surface area contributed by atoms with Crippen molar-refractivity contribution < 1.29 is 0 Å². The van der Waals surface area contributed by atoms with Crippen LogP contribution in [0.2, 0.25) is 0 Å². The van der Waals surface area contributed by atoms with Crippen LogP contribution in [0.15, 0.2) is 42.0 Å². The van der Waals surface area contributed by atoms with Crippen molar-refractivity contribution in [2.45, 2.75) is 25.3 Å². The van der Waals surface area contributed by atoms with E-state index in [2.05, 4.69) is 70.3 Å². The molecule has 3 aromatic rings. The van der Waals surface area contributed by atoms with Crippen LogP contribution in [0.25, 0.3) is 5.52 Å². The lowest BCUT2D eigenvalue weighted by Gasteiger charge is -2.31. The molecule has 126 valence electrons. The van der Waals surface area contributed by atoms with Crippen molar-refractivity contribution in [3.05, 3.63) is 52.6 Å². The van der Waals surface area contributed by atoms with E-state index in [-0.39, 0.29) is 0 Å². The Morgan fingerprint density at radius 1 is 1.21 bits per heavy atom. The van der Waals surface area contributed by atoms with E-state index < -0.39 is 0 Å². The van der Waals surface area contributed by atoms with Gasteiger partial charge in [-0.1, -0.05) is 6.07 Å². The highest BCUT2D eigenvalue weighted by Gasteiger charge is 2.23. The highest BCUT2D eigenvalue weighted by molar-refractivity contribution is 7.09. The van der Waals surface area contributed by atoms with Crippen molar-refractivity contribution in [2.24, 2.45) is 0 Å². The van der Waals surface area contributed by atoms with Gasteiger partial charge in [0, 0.05) is 43.8 Å². The lowest BCUT2D eigenvalue weighted by atomic mass is 9.93. The van der Waals surface area contributed by atoms with Gasteiger partial charge in [0.15, 0.2) is 5.82 Å². The van der Waals surface area contributed by atoms with Crippen LogP contribution >= 0.6 is 11.3 Å². The SMILES string of the molecule is CN(C)c1nc(C2CCN(Cc3cccs3)CC2)cn2cccc12. The summed E-state index contributed by atoms with van der Waals surface area (Å²) in [5.41, 5.74) is 2.41. The molecule has 0 unspecified atom stereocenters. The summed E-state index contributed by atoms with van der Waals surface area (Å²) in [5, 5.41) is 2.17. The van der Waals surface area contributed by atoms with Crippen molar-refractivity contribution in [1.29, 1.82) is 0 Å². The van der Waals surface area contributed by atoms with Gasteiger partial charge >= 0.3 is 0 Å². The summed E-state index contributed by atoms with van der Waals surface area (Å²) < 4.78 is 2.22. The number of rotatable bonds is 4. The second kappa shape index (κ2) is 6.57. The van der Waals surface area contributed by atoms with Crippen molar-refractivity contribution in [2.75, 3.05) is 32.1 Å². The number of nitrogens with zero attached hydrogens (tertiary/aromatic N) is 4. The molecule has 0 aromatic carbocycles. The third-order valence-corrected chi connectivity index (χ3v) is 5.76. The van der Waals surface area contributed by atoms with E-state index in [4.69, 9.17) is 4.98 Å². The maximum atomic E-state index is 4.99. The Bertz CT molecular complexity index is 798. The molecular formula is C19H24N4S. The van der Waals surface area contributed by atoms with Crippen LogP contribution in [0.3, 0.4) is 0 Å². The molecule has 3 aromatic heterocycles. The van der Waals surface area contributed by atoms with E-state index in [1.165, 1.54) is 28.9 Å². The van der Waals surface area contributed by atoms with Crippen LogP contribution in [0.5, 0.6) is 0 Å². The highest BCUT2D eigenvalue weighted by Crippen LogP contribution is 2.30. The van der Waals surface area contributed by atoms with Crippen LogP contribution in [-0.2, 0) is 6.54 Å². The Morgan fingerprint density at radius 3 is 2.75 bits per heavy atom. The minimum absolute atomic E-state index is 0.565. The van der Waals surface area contributed by atoms with Crippen molar-refractivity contribution >= 4 is 22.7 Å². The second-order valence-corrected chi connectivity index (χ2v) is 7.85. The molecule has 24 heavy (non-hydrogen) atoms. The Morgan fingerprint density at radius 2 is 2.04 bits per heavy atom. The van der Waals surface area contributed by atoms with Gasteiger partial charge in [-0.2, -0.15) is 0 Å². The van der Waals surface area contributed by atoms with Crippen molar-refractivity contribution in [3.8, 4) is 0 Å². The zero-order valence-electron chi connectivity index (χ0n) is 14.4. The lowest BCUT2D eigenvalue weighted by molar-refractivity contribution is 0.205. The first-order chi connectivity index (χ1) is 11.7. The Hall–Kier alpha value is -1.85. The van der Waals surface area contributed by atoms with Crippen molar-refractivity contribution in [1.82, 2.24) is 14.3 Å². The van der Waals surface area contributed by atoms with Gasteiger partial charge in [-0.25, -0.2) is 4.98 Å². The first-order valence-corrected chi connectivity index (χ1v) is 9.48. The molecule has 4 nitrogen and oxygen atoms in total. The lowest BCUT2D eigenvalue weighted by Crippen LogP contribution is -2.32. The van der Waals surface area contributed by atoms with E-state index in [0.717, 1.165) is 25.5 Å². The fourth-order valence-corrected chi connectivity index (χ4v) is 4.33. The molecule has 0 aliphatic carbocycles. The number of thiophene rings is 1. The predicted molar refractivity (Wildman–Crippen MR) is 101 cm³/mol. The third-order valence-electron chi connectivity index (χ3n) is 4.90. The molecule has 1 saturated heterocycles. The maximum absolute atomic E-state index is 4.99. The molecule has 4 heterocycles. The smallest absolute Gasteiger partial charge is 0.152 e. The molecule has 0 spiro atoms. The van der Waals surface area contributed by atoms with E-state index >= 15 is 0 Å². The van der Waals surface area contributed by atoms with Gasteiger partial charge in [0.25, 0.3) is 0 Å². The average Bonchev–Trinajstić information content (AvgIpc) is 3.25. The molecule has 1 aliphatic heterocycles. The summed E-state index contributed by atoms with van der Waals surface area (Å²) in [7, 11) is 4.14. The van der Waals surface area contributed by atoms with Crippen LogP contribution in [-0.4, -0.2) is 41.5 Å². The Kier molecular flexibility index (Phi) is 4.29. The van der Waals surface area contributed by atoms with Gasteiger partial charge < -0.3 is 9.30 Å². The molecular weight excluding hydrogens is 316 g/mol. The number of hydrogen-bond donors (Lipinski definition) is 0. The normalized spacial score (nSPS) is 16.8. The second-order valence-electron chi connectivity index (χ2n) is 6.81. The predicted octanol–water partition coefficient (Wildman–Crippen LogP) is 3.84. The van der Waals surface area contributed by atoms with Gasteiger partial charge in [-0.05, 0) is 49.5 Å². The van der Waals surface area contributed by atoms with Gasteiger partial charge in [-0.15, -0.1) is 11.3 Å². The number of hydrogen-bond acceptors (Lipinski definition) is 4. The topological polar surface area (TPSA) is 23.8 Å². The van der Waals surface area contributed by atoms with Gasteiger partial charge in [-0.3, -0.25) is 4.90 Å². The number of fused-ring (bicyclic) bond motifs is 1. The minimum atomic E-state index is 0.565. The molecule has 4 rings (SSSR count). The molecule has 0 N–H and O–H groups in total. The van der Waals surface area contributed by atoms with E-state index in [1.54, 1.807) is 0 Å². The van der Waals surface area contributed by atoms with Crippen LogP contribution in [0.4, 0.5) is 5.82 Å². The summed E-state index contributed by atoms with van der Waals surface area (Å²) in [6, 6.07) is 8.61. The maximum Gasteiger partial charge on any atom is 0.152 e. The van der Waals surface area contributed by atoms with Crippen LogP contribution in [0.1, 0.15) is 29.3 Å². The highest BCUT2D eigenvalue weighted by atomic mass is 32.1. The zero-order chi connectivity index (χ0) is 16.5. The largest absolute Gasteiger partial charge is 0.361 e. The molecule has 0 amide bonds. The Labute approximate surface area is 147 Å². The number of piperidine rings is 1. The summed E-state index contributed by atoms with van der Waals surface area (Å²) in [6.45, 7) is 3.41. The fraction of sp³-hybridized carbons (Fsp3) is 0.421. The van der Waals surface area contributed by atoms with E-state index in [9.17, 15) is 0 Å². The summed E-state index contributed by atoms with van der Waals surface area (Å²) in [4.78, 5) is 11.1. The number of likely N-dealkylation sites (tertiary alicyclic amines) is 1. The van der Waals surface area contributed by atoms with Gasteiger partial charge in [0.1, 0.15) is 0 Å². The molecule has 1 fully saturated rings. The quantitative estimate of drug-likeness (QED) is 0.721. The minimum Gasteiger partial charge on any atom is -0.361 e. The molecule has 5 heteroatoms. The van der Waals surface area contributed by atoms with E-state index in [0.29, 0.717) is 5.92 Å². The summed E-state index contributed by atoms with van der Waals surface area (Å²) >= 11 is 1.86. The molecule has 0 atom stereocenters. The number of aromatic nitrogens is 2. The van der Waals surface area contributed by atoms with E-state index in [1.807, 2.05) is 11.3 Å². The Balaban J connectivity index is 1.50. The standard InChI is InChI=1S/C19H24N4S/c1-21(2)19-18-6-3-9-23(18)14-17(20-19)15-7-10-22(11-8-15)13-16-5-4-12-24-16/h3-6,9,12,14-15H,7-8,10-11,13H2,1-2H3. The summed E-state index contributed by atoms with van der Waals surface area (Å²) in [5.74, 6) is 1.63. The number of anilines is 1. The monoisotopic (exact) mass is 340 g/mol. The van der Waals surface area contributed by atoms with Gasteiger partial charge in [0.05, 0.1) is 11.2 Å². The van der Waals surface area contributed by atoms with Crippen LogP contribution < -0.4 is 4.90 Å². The average molecular weight is 340 g/mol. The first-order valence-electron chi connectivity index (χ1n) is 8.60. The summed E-state index contributed by atoms with van der Waals surface area (Å²) in [6.07, 6.45) is 6.73. The zero-order valence-corrected chi connectivity index (χ0v) is 15.2. The molecule has 0 saturated carbocycles. The van der Waals surface area contributed by atoms with Crippen LogP contribution in [0, 0.1) is 0 Å². The molecule has 0 radical (unpaired) electrons. The third kappa shape index (κ3) is 3.06. The van der Waals surface area contributed by atoms with Crippen molar-refractivity contribution in [3.63, 3.8) is 0 Å². The molecule has 1 aliphatic rings. The fourth-order valence-electron chi connectivity index (χ4n) is 3.58. The molecule has 0 bridgehead atoms. The van der Waals surface area contributed by atoms with Gasteiger partial charge in [0.2, 0.25) is 0 Å².